The Balaban J connectivity index is 1.41. The van der Waals surface area contributed by atoms with Gasteiger partial charge in [-0.15, -0.1) is 0 Å². The lowest BCUT2D eigenvalue weighted by Crippen LogP contribution is -2.45. The summed E-state index contributed by atoms with van der Waals surface area (Å²) in [6.45, 7) is 5.73. The third-order valence-corrected chi connectivity index (χ3v) is 9.69. The fourth-order valence-electron chi connectivity index (χ4n) is 4.73. The van der Waals surface area contributed by atoms with E-state index in [9.17, 15) is 18.0 Å². The molecule has 0 bridgehead atoms. The largest absolute Gasteiger partial charge is 0.454 e. The van der Waals surface area contributed by atoms with Crippen molar-refractivity contribution in [1.29, 1.82) is 0 Å². The maximum absolute atomic E-state index is 13.6. The summed E-state index contributed by atoms with van der Waals surface area (Å²) in [6, 6.07) is 13.6. The zero-order valence-electron chi connectivity index (χ0n) is 22.0. The number of nitrogens with one attached hydrogen (secondary N) is 1. The van der Waals surface area contributed by atoms with E-state index in [1.165, 1.54) is 11.8 Å². The summed E-state index contributed by atoms with van der Waals surface area (Å²) >= 11 is 1.29. The molecule has 12 heteroatoms. The van der Waals surface area contributed by atoms with Crippen molar-refractivity contribution in [1.82, 2.24) is 10.2 Å². The number of benzene rings is 2. The molecule has 0 spiro atoms. The monoisotopic (exact) mass is 573 g/mol. The fraction of sp³-hybridized carbons (Fsp3) is 0.444. The number of amidine groups is 1. The normalized spacial score (nSPS) is 22.9. The average Bonchev–Trinajstić information content (AvgIpc) is 3.51. The molecular weight excluding hydrogens is 542 g/mol. The summed E-state index contributed by atoms with van der Waals surface area (Å²) in [5.74, 6) is 0.750. The van der Waals surface area contributed by atoms with Crippen LogP contribution in [0.25, 0.3) is 0 Å². The van der Waals surface area contributed by atoms with E-state index in [0.717, 1.165) is 11.1 Å². The second-order valence-electron chi connectivity index (χ2n) is 10.7. The summed E-state index contributed by atoms with van der Waals surface area (Å²) in [6.07, 6.45) is -0.486. The number of hydrogen-bond acceptors (Lipinski definition) is 8. The summed E-state index contributed by atoms with van der Waals surface area (Å²) in [4.78, 5) is 32.5. The molecule has 0 aromatic heterocycles. The molecule has 10 nitrogen and oxygen atoms in total. The van der Waals surface area contributed by atoms with Crippen molar-refractivity contribution in [3.8, 4) is 11.5 Å². The zero-order chi connectivity index (χ0) is 27.8. The number of thioether (sulfide) groups is 1. The minimum Gasteiger partial charge on any atom is -0.454 e. The number of hydrogen-bond donors (Lipinski definition) is 1. The quantitative estimate of drug-likeness (QED) is 0.555. The highest BCUT2D eigenvalue weighted by Crippen LogP contribution is 2.40. The van der Waals surface area contributed by atoms with Gasteiger partial charge in [-0.2, -0.15) is 4.99 Å². The van der Waals surface area contributed by atoms with Crippen LogP contribution in [0.4, 0.5) is 4.79 Å². The number of alkyl carbamates (subject to hydrolysis) is 1. The number of amides is 2. The number of aliphatic imine (C=N–C) groups is 1. The second kappa shape index (κ2) is 10.7. The Labute approximate surface area is 232 Å². The van der Waals surface area contributed by atoms with E-state index in [-0.39, 0.29) is 36.0 Å². The van der Waals surface area contributed by atoms with Gasteiger partial charge in [0.1, 0.15) is 11.6 Å². The molecule has 3 heterocycles. The molecule has 2 aromatic carbocycles. The molecule has 3 unspecified atom stereocenters. The third kappa shape index (κ3) is 6.67. The Hall–Kier alpha value is -3.25. The lowest BCUT2D eigenvalue weighted by molar-refractivity contribution is -0.119. The van der Waals surface area contributed by atoms with Crippen molar-refractivity contribution in [2.24, 2.45) is 4.99 Å². The summed E-state index contributed by atoms with van der Waals surface area (Å²) in [5, 5.41) is 2.88. The topological polar surface area (TPSA) is 124 Å². The molecular formula is C27H31N3O7S2. The molecule has 2 saturated heterocycles. The minimum absolute atomic E-state index is 0.00791. The SMILES string of the molecule is CC(C)(C)OC(=O)NC(Cc1ccccc1)C(=O)N=C1SC2CS(=O)(=O)CC2N1Cc1ccc2c(c1)OCO2. The number of ether oxygens (including phenoxy) is 3. The Bertz CT molecular complexity index is 1390. The lowest BCUT2D eigenvalue weighted by atomic mass is 10.1. The van der Waals surface area contributed by atoms with Crippen LogP contribution in [0.15, 0.2) is 53.5 Å². The van der Waals surface area contributed by atoms with Crippen molar-refractivity contribution in [3.05, 3.63) is 59.7 Å². The van der Waals surface area contributed by atoms with Crippen LogP contribution in [-0.2, 0) is 32.3 Å². The van der Waals surface area contributed by atoms with E-state index in [1.54, 1.807) is 20.8 Å². The highest BCUT2D eigenvalue weighted by Gasteiger charge is 2.49. The Morgan fingerprint density at radius 2 is 1.85 bits per heavy atom. The molecule has 0 radical (unpaired) electrons. The highest BCUT2D eigenvalue weighted by molar-refractivity contribution is 8.15. The van der Waals surface area contributed by atoms with Crippen LogP contribution in [0.2, 0.25) is 0 Å². The second-order valence-corrected chi connectivity index (χ2v) is 14.1. The molecule has 2 aromatic rings. The van der Waals surface area contributed by atoms with Crippen LogP contribution in [0, 0.1) is 0 Å². The minimum atomic E-state index is -3.20. The molecule has 2 fully saturated rings. The molecule has 39 heavy (non-hydrogen) atoms. The van der Waals surface area contributed by atoms with Crippen LogP contribution in [0.3, 0.4) is 0 Å². The van der Waals surface area contributed by atoms with Gasteiger partial charge in [0, 0.05) is 18.2 Å². The first kappa shape index (κ1) is 27.3. The molecule has 3 aliphatic heterocycles. The van der Waals surface area contributed by atoms with Crippen LogP contribution in [0.1, 0.15) is 31.9 Å². The van der Waals surface area contributed by atoms with E-state index in [4.69, 9.17) is 14.2 Å². The van der Waals surface area contributed by atoms with Gasteiger partial charge in [-0.05, 0) is 44.0 Å². The predicted octanol–water partition coefficient (Wildman–Crippen LogP) is 3.15. The zero-order valence-corrected chi connectivity index (χ0v) is 23.6. The van der Waals surface area contributed by atoms with Crippen LogP contribution < -0.4 is 14.8 Å². The van der Waals surface area contributed by atoms with Gasteiger partial charge < -0.3 is 24.4 Å². The van der Waals surface area contributed by atoms with Gasteiger partial charge in [0.25, 0.3) is 5.91 Å². The smallest absolute Gasteiger partial charge is 0.408 e. The molecule has 2 amide bonds. The average molecular weight is 574 g/mol. The first-order valence-electron chi connectivity index (χ1n) is 12.6. The van der Waals surface area contributed by atoms with Crippen molar-refractivity contribution >= 4 is 38.8 Å². The maximum Gasteiger partial charge on any atom is 0.408 e. The van der Waals surface area contributed by atoms with Crippen LogP contribution >= 0.6 is 11.8 Å². The third-order valence-electron chi connectivity index (χ3n) is 6.44. The van der Waals surface area contributed by atoms with Crippen LogP contribution in [0.5, 0.6) is 11.5 Å². The number of sulfone groups is 1. The van der Waals surface area contributed by atoms with Gasteiger partial charge >= 0.3 is 6.09 Å². The molecule has 3 atom stereocenters. The molecule has 0 saturated carbocycles. The molecule has 1 N–H and O–H groups in total. The number of rotatable bonds is 6. The number of fused-ring (bicyclic) bond motifs is 2. The Morgan fingerprint density at radius 3 is 2.59 bits per heavy atom. The predicted molar refractivity (Wildman–Crippen MR) is 148 cm³/mol. The summed E-state index contributed by atoms with van der Waals surface area (Å²) < 4.78 is 41.1. The molecule has 208 valence electrons. The van der Waals surface area contributed by atoms with Crippen molar-refractivity contribution in [3.63, 3.8) is 0 Å². The lowest BCUT2D eigenvalue weighted by Gasteiger charge is -2.25. The van der Waals surface area contributed by atoms with Gasteiger partial charge in [0.15, 0.2) is 26.5 Å². The van der Waals surface area contributed by atoms with Crippen molar-refractivity contribution in [2.75, 3.05) is 18.3 Å². The van der Waals surface area contributed by atoms with E-state index >= 15 is 0 Å². The highest BCUT2D eigenvalue weighted by atomic mass is 32.2. The Kier molecular flexibility index (Phi) is 7.51. The maximum atomic E-state index is 13.6. The van der Waals surface area contributed by atoms with Crippen molar-refractivity contribution < 1.29 is 32.2 Å². The standard InChI is InChI=1S/C27H31N3O7S2/c1-27(2,3)37-26(32)28-19(11-17-7-5-4-6-8-17)24(31)29-25-30(20-14-39(33,34)15-23(20)38-25)13-18-9-10-21-22(12-18)36-16-35-21/h4-10,12,19-20,23H,11,13-16H2,1-3H3,(H,28,32). The molecule has 3 aliphatic rings. The van der Waals surface area contributed by atoms with Gasteiger partial charge in [-0.3, -0.25) is 4.79 Å². The molecule has 0 aliphatic carbocycles. The van der Waals surface area contributed by atoms with Gasteiger partial charge in [-0.25, -0.2) is 13.2 Å². The van der Waals surface area contributed by atoms with Crippen LogP contribution in [-0.4, -0.2) is 71.7 Å². The van der Waals surface area contributed by atoms with E-state index in [2.05, 4.69) is 10.3 Å². The number of carbonyl (C=O) groups is 2. The van der Waals surface area contributed by atoms with Gasteiger partial charge in [0.2, 0.25) is 6.79 Å². The van der Waals surface area contributed by atoms with E-state index in [1.807, 2.05) is 53.4 Å². The first-order valence-corrected chi connectivity index (χ1v) is 15.3. The fourth-order valence-corrected chi connectivity index (χ4v) is 8.68. The van der Waals surface area contributed by atoms with E-state index in [0.29, 0.717) is 23.2 Å². The van der Waals surface area contributed by atoms with E-state index < -0.39 is 33.5 Å². The summed E-state index contributed by atoms with van der Waals surface area (Å²) in [5.41, 5.74) is 0.992. The number of carbonyl (C=O) groups excluding carboxylic acids is 2. The van der Waals surface area contributed by atoms with Gasteiger partial charge in [-0.1, -0.05) is 48.2 Å². The molecule has 5 rings (SSSR count). The number of nitrogens with zero attached hydrogens (tertiary/aromatic N) is 2. The summed E-state index contributed by atoms with van der Waals surface area (Å²) in [7, 11) is -3.20. The first-order chi connectivity index (χ1) is 18.5. The van der Waals surface area contributed by atoms with Crippen molar-refractivity contribution in [2.45, 2.75) is 56.7 Å². The Morgan fingerprint density at radius 1 is 1.10 bits per heavy atom. The van der Waals surface area contributed by atoms with Gasteiger partial charge in [0.05, 0.1) is 17.5 Å².